The van der Waals surface area contributed by atoms with Gasteiger partial charge in [-0.1, -0.05) is 42.8 Å². The molecule has 0 fully saturated rings. The lowest BCUT2D eigenvalue weighted by molar-refractivity contribution is 0.0786. The normalized spacial score (nSPS) is 11.6. The number of carbonyl (C=O) groups is 2. The molecule has 0 aromatic heterocycles. The van der Waals surface area contributed by atoms with E-state index in [0.29, 0.717) is 31.0 Å². The number of rotatable bonds is 9. The lowest BCUT2D eigenvalue weighted by Gasteiger charge is -2.09. The van der Waals surface area contributed by atoms with Crippen molar-refractivity contribution in [3.05, 3.63) is 89.0 Å². The van der Waals surface area contributed by atoms with Gasteiger partial charge in [0.05, 0.1) is 18.7 Å². The number of ether oxygens (including phenoxy) is 2. The van der Waals surface area contributed by atoms with E-state index in [1.807, 2.05) is 55.5 Å². The molecular weight excluding hydrogens is 498 g/mol. The minimum Gasteiger partial charge on any atom is -0.447 e. The van der Waals surface area contributed by atoms with Crippen molar-refractivity contribution >= 4 is 35.2 Å². The Morgan fingerprint density at radius 3 is 2.61 bits per heavy atom. The molecule has 1 aliphatic rings. The molecule has 194 valence electrons. The third-order valence-corrected chi connectivity index (χ3v) is 6.66. The summed E-state index contributed by atoms with van der Waals surface area (Å²) >= 11 is 1.56. The Labute approximate surface area is 227 Å². The lowest BCUT2D eigenvalue weighted by atomic mass is 10.1. The number of amides is 2. The van der Waals surface area contributed by atoms with Gasteiger partial charge in [-0.3, -0.25) is 15.1 Å². The maximum Gasteiger partial charge on any atom is 0.411 e. The van der Waals surface area contributed by atoms with Crippen molar-refractivity contribution in [3.63, 3.8) is 0 Å². The minimum atomic E-state index is -0.518. The first-order valence-electron chi connectivity index (χ1n) is 12.4. The molecule has 0 aliphatic carbocycles. The second-order valence-corrected chi connectivity index (χ2v) is 9.48. The minimum absolute atomic E-state index is 0.105. The van der Waals surface area contributed by atoms with Crippen LogP contribution in [-0.4, -0.2) is 44.6 Å². The number of carbonyl (C=O) groups excluding carboxylic acids is 2. The monoisotopic (exact) mass is 527 g/mol. The molecule has 0 bridgehead atoms. The van der Waals surface area contributed by atoms with Crippen molar-refractivity contribution in [2.24, 2.45) is 4.99 Å². The molecule has 1 heterocycles. The van der Waals surface area contributed by atoms with Crippen LogP contribution in [0.1, 0.15) is 40.4 Å². The van der Waals surface area contributed by atoms with Gasteiger partial charge in [0.15, 0.2) is 0 Å². The highest BCUT2D eigenvalue weighted by atomic mass is 32.2. The van der Waals surface area contributed by atoms with Crippen molar-refractivity contribution in [3.8, 4) is 11.8 Å². The SMILES string of the molecule is CCCOCCOC(=O)Nc1ccc(C#CC2=NCc3cc(Sc4ccccc4C(=O)NC)ccc32)cc1. The Morgan fingerprint density at radius 1 is 1.00 bits per heavy atom. The van der Waals surface area contributed by atoms with Crippen molar-refractivity contribution in [2.75, 3.05) is 32.2 Å². The van der Waals surface area contributed by atoms with Gasteiger partial charge in [0, 0.05) is 40.3 Å². The van der Waals surface area contributed by atoms with E-state index in [0.717, 1.165) is 38.6 Å². The topological polar surface area (TPSA) is 89.0 Å². The Morgan fingerprint density at radius 2 is 1.82 bits per heavy atom. The van der Waals surface area contributed by atoms with Crippen LogP contribution in [-0.2, 0) is 16.0 Å². The summed E-state index contributed by atoms with van der Waals surface area (Å²) in [6.45, 7) is 3.84. The van der Waals surface area contributed by atoms with E-state index in [1.165, 1.54) is 0 Å². The average Bonchev–Trinajstić information content (AvgIpc) is 3.34. The molecule has 0 spiro atoms. The van der Waals surface area contributed by atoms with Crippen molar-refractivity contribution < 1.29 is 19.1 Å². The number of fused-ring (bicyclic) bond motifs is 1. The zero-order valence-electron chi connectivity index (χ0n) is 21.4. The number of nitrogens with one attached hydrogen (secondary N) is 2. The number of hydrogen-bond acceptors (Lipinski definition) is 6. The van der Waals surface area contributed by atoms with E-state index < -0.39 is 6.09 Å². The van der Waals surface area contributed by atoms with Crippen LogP contribution in [0.4, 0.5) is 10.5 Å². The van der Waals surface area contributed by atoms with Gasteiger partial charge in [-0.25, -0.2) is 4.79 Å². The van der Waals surface area contributed by atoms with Crippen LogP contribution in [0, 0.1) is 11.8 Å². The summed E-state index contributed by atoms with van der Waals surface area (Å²) in [7, 11) is 1.63. The van der Waals surface area contributed by atoms with Gasteiger partial charge < -0.3 is 14.8 Å². The molecule has 2 amide bonds. The largest absolute Gasteiger partial charge is 0.447 e. The second-order valence-electron chi connectivity index (χ2n) is 8.36. The van der Waals surface area contributed by atoms with Crippen molar-refractivity contribution in [2.45, 2.75) is 29.7 Å². The molecule has 38 heavy (non-hydrogen) atoms. The maximum absolute atomic E-state index is 12.2. The molecule has 3 aromatic rings. The van der Waals surface area contributed by atoms with Crippen LogP contribution < -0.4 is 10.6 Å². The molecule has 2 N–H and O–H groups in total. The molecular formula is C30H29N3O4S. The van der Waals surface area contributed by atoms with E-state index in [-0.39, 0.29) is 12.5 Å². The van der Waals surface area contributed by atoms with Crippen LogP contribution in [0.5, 0.6) is 0 Å². The molecule has 7 nitrogen and oxygen atoms in total. The smallest absolute Gasteiger partial charge is 0.411 e. The van der Waals surface area contributed by atoms with E-state index in [1.54, 1.807) is 30.9 Å². The predicted molar refractivity (Wildman–Crippen MR) is 150 cm³/mol. The first kappa shape index (κ1) is 27.0. The van der Waals surface area contributed by atoms with Gasteiger partial charge in [-0.2, -0.15) is 0 Å². The fourth-order valence-electron chi connectivity index (χ4n) is 3.72. The number of hydrogen-bond donors (Lipinski definition) is 2. The summed E-state index contributed by atoms with van der Waals surface area (Å²) in [5, 5.41) is 5.39. The highest BCUT2D eigenvalue weighted by molar-refractivity contribution is 7.99. The molecule has 0 atom stereocenters. The van der Waals surface area contributed by atoms with Crippen LogP contribution in [0.25, 0.3) is 0 Å². The molecule has 4 rings (SSSR count). The predicted octanol–water partition coefficient (Wildman–Crippen LogP) is 5.53. The van der Waals surface area contributed by atoms with E-state index in [2.05, 4.69) is 33.5 Å². The third-order valence-electron chi connectivity index (χ3n) is 5.59. The second kappa shape index (κ2) is 13.5. The fourth-order valence-corrected chi connectivity index (χ4v) is 4.73. The van der Waals surface area contributed by atoms with E-state index in [9.17, 15) is 9.59 Å². The Bertz CT molecular complexity index is 1390. The third kappa shape index (κ3) is 7.25. The summed E-state index contributed by atoms with van der Waals surface area (Å²) in [6.07, 6.45) is 0.411. The fraction of sp³-hybridized carbons (Fsp3) is 0.233. The molecule has 0 unspecified atom stereocenters. The van der Waals surface area contributed by atoms with Gasteiger partial charge in [0.25, 0.3) is 5.91 Å². The molecule has 0 saturated heterocycles. The zero-order chi connectivity index (χ0) is 26.7. The van der Waals surface area contributed by atoms with Gasteiger partial charge >= 0.3 is 6.09 Å². The maximum atomic E-state index is 12.2. The van der Waals surface area contributed by atoms with Crippen LogP contribution in [0.15, 0.2) is 81.5 Å². The van der Waals surface area contributed by atoms with Crippen LogP contribution >= 0.6 is 11.8 Å². The summed E-state index contributed by atoms with van der Waals surface area (Å²) in [5.41, 5.74) is 4.96. The molecule has 1 aliphatic heterocycles. The summed E-state index contributed by atoms with van der Waals surface area (Å²) < 4.78 is 10.4. The number of anilines is 1. The summed E-state index contributed by atoms with van der Waals surface area (Å²) in [6, 6.07) is 21.0. The highest BCUT2D eigenvalue weighted by Gasteiger charge is 2.16. The first-order valence-corrected chi connectivity index (χ1v) is 13.2. The van der Waals surface area contributed by atoms with Gasteiger partial charge in [0.2, 0.25) is 0 Å². The van der Waals surface area contributed by atoms with Crippen molar-refractivity contribution in [1.29, 1.82) is 0 Å². The average molecular weight is 528 g/mol. The molecule has 3 aromatic carbocycles. The van der Waals surface area contributed by atoms with E-state index >= 15 is 0 Å². The summed E-state index contributed by atoms with van der Waals surface area (Å²) in [4.78, 5) is 30.6. The lowest BCUT2D eigenvalue weighted by Crippen LogP contribution is -2.18. The molecule has 8 heteroatoms. The van der Waals surface area contributed by atoms with Gasteiger partial charge in [0.1, 0.15) is 12.3 Å². The van der Waals surface area contributed by atoms with Crippen LogP contribution in [0.2, 0.25) is 0 Å². The Hall–Kier alpha value is -4.06. The molecule has 0 saturated carbocycles. The Balaban J connectivity index is 1.35. The van der Waals surface area contributed by atoms with Crippen LogP contribution in [0.3, 0.4) is 0 Å². The molecule has 0 radical (unpaired) electrons. The number of aliphatic imine (C=N–C) groups is 1. The van der Waals surface area contributed by atoms with Crippen molar-refractivity contribution in [1.82, 2.24) is 5.32 Å². The summed E-state index contributed by atoms with van der Waals surface area (Å²) in [5.74, 6) is 6.22. The first-order chi connectivity index (χ1) is 18.6. The number of nitrogens with zero attached hydrogens (tertiary/aromatic N) is 1. The van der Waals surface area contributed by atoms with Gasteiger partial charge in [-0.05, 0) is 66.4 Å². The Kier molecular flexibility index (Phi) is 9.57. The quantitative estimate of drug-likeness (QED) is 0.282. The van der Waals surface area contributed by atoms with Gasteiger partial charge in [-0.15, -0.1) is 0 Å². The number of benzene rings is 3. The standard InChI is InChI=1S/C30H29N3O4S/c1-3-16-36-17-18-37-30(35)33-23-11-8-21(9-12-23)10-15-27-25-14-13-24(19-22(25)20-32-27)38-28-7-5-4-6-26(28)29(34)31-2/h4-9,11-14,19H,3,16-18,20H2,1-2H3,(H,31,34)(H,33,35). The zero-order valence-corrected chi connectivity index (χ0v) is 22.2. The van der Waals surface area contributed by atoms with E-state index in [4.69, 9.17) is 9.47 Å². The highest BCUT2D eigenvalue weighted by Crippen LogP contribution is 2.33.